The van der Waals surface area contributed by atoms with Crippen LogP contribution in [0.5, 0.6) is 17.2 Å². The molecule has 0 saturated carbocycles. The van der Waals surface area contributed by atoms with E-state index in [2.05, 4.69) is 15.6 Å². The third kappa shape index (κ3) is 4.01. The van der Waals surface area contributed by atoms with Crippen LogP contribution in [-0.4, -0.2) is 48.8 Å². The summed E-state index contributed by atoms with van der Waals surface area (Å²) in [4.78, 5) is 43.1. The Morgan fingerprint density at radius 3 is 2.68 bits per heavy atom. The molecule has 0 bridgehead atoms. The second kappa shape index (κ2) is 9.27. The lowest BCUT2D eigenvalue weighted by molar-refractivity contribution is -0.129. The maximum Gasteiger partial charge on any atom is 0.236 e. The number of nitrogens with one attached hydrogen (secondary N) is 2. The van der Waals surface area contributed by atoms with Gasteiger partial charge < -0.3 is 24.8 Å². The zero-order chi connectivity index (χ0) is 24.6. The lowest BCUT2D eigenvalue weighted by Crippen LogP contribution is -2.55. The SMILES string of the molecule is COc1cc(OC)c2c(c1Cl)O[C@@]1(C(=O)C=C(NCCC(=O)Nc3nc(C)cs3)C[C@H]1C)C2=O. The van der Waals surface area contributed by atoms with Crippen LogP contribution in [0.3, 0.4) is 0 Å². The van der Waals surface area contributed by atoms with Crippen LogP contribution >= 0.6 is 22.9 Å². The van der Waals surface area contributed by atoms with Gasteiger partial charge in [0.05, 0.1) is 19.9 Å². The van der Waals surface area contributed by atoms with Crippen LogP contribution in [-0.2, 0) is 9.59 Å². The third-order valence-corrected chi connectivity index (χ3v) is 7.11. The molecule has 1 amide bonds. The fourth-order valence-corrected chi connectivity index (χ4v) is 5.15. The van der Waals surface area contributed by atoms with E-state index in [0.29, 0.717) is 23.8 Å². The van der Waals surface area contributed by atoms with E-state index < -0.39 is 23.1 Å². The molecule has 180 valence electrons. The van der Waals surface area contributed by atoms with Crippen molar-refractivity contribution in [2.75, 3.05) is 26.1 Å². The van der Waals surface area contributed by atoms with Crippen LogP contribution in [0, 0.1) is 12.8 Å². The number of allylic oxidation sites excluding steroid dienone is 1. The lowest BCUT2D eigenvalue weighted by Gasteiger charge is -2.35. The highest BCUT2D eigenvalue weighted by Crippen LogP contribution is 2.52. The number of hydrogen-bond acceptors (Lipinski definition) is 9. The van der Waals surface area contributed by atoms with Gasteiger partial charge in [-0.3, -0.25) is 14.4 Å². The van der Waals surface area contributed by atoms with Crippen molar-refractivity contribution in [1.82, 2.24) is 10.3 Å². The summed E-state index contributed by atoms with van der Waals surface area (Å²) in [6, 6.07) is 1.50. The molecule has 2 aromatic rings. The molecule has 11 heteroatoms. The molecule has 0 saturated heterocycles. The Labute approximate surface area is 205 Å². The molecule has 2 N–H and O–H groups in total. The van der Waals surface area contributed by atoms with E-state index in [9.17, 15) is 14.4 Å². The van der Waals surface area contributed by atoms with E-state index in [4.69, 9.17) is 25.8 Å². The maximum absolute atomic E-state index is 13.5. The minimum atomic E-state index is -1.73. The molecule has 0 radical (unpaired) electrons. The number of rotatable bonds is 7. The van der Waals surface area contributed by atoms with Crippen molar-refractivity contribution < 1.29 is 28.6 Å². The molecule has 1 aromatic heterocycles. The van der Waals surface area contributed by atoms with Crippen LogP contribution in [0.4, 0.5) is 5.13 Å². The quantitative estimate of drug-likeness (QED) is 0.549. The van der Waals surface area contributed by atoms with Crippen molar-refractivity contribution in [2.45, 2.75) is 32.3 Å². The molecular weight excluding hydrogens is 482 g/mol. The third-order valence-electron chi connectivity index (χ3n) is 5.88. The number of fused-ring (bicyclic) bond motifs is 1. The zero-order valence-corrected chi connectivity index (χ0v) is 20.7. The number of benzene rings is 1. The van der Waals surface area contributed by atoms with Crippen LogP contribution in [0.1, 0.15) is 35.8 Å². The van der Waals surface area contributed by atoms with Gasteiger partial charge >= 0.3 is 0 Å². The van der Waals surface area contributed by atoms with Crippen LogP contribution in [0.25, 0.3) is 0 Å². The monoisotopic (exact) mass is 505 g/mol. The predicted molar refractivity (Wildman–Crippen MR) is 127 cm³/mol. The van der Waals surface area contributed by atoms with Gasteiger partial charge in [0, 0.05) is 42.1 Å². The fraction of sp³-hybridized carbons (Fsp3) is 0.391. The van der Waals surface area contributed by atoms with Crippen molar-refractivity contribution in [1.29, 1.82) is 0 Å². The van der Waals surface area contributed by atoms with E-state index in [1.54, 1.807) is 6.92 Å². The van der Waals surface area contributed by atoms with E-state index in [-0.39, 0.29) is 40.2 Å². The molecule has 4 rings (SSSR count). The van der Waals surface area contributed by atoms with Gasteiger partial charge in [-0.1, -0.05) is 18.5 Å². The minimum Gasteiger partial charge on any atom is -0.496 e. The first-order chi connectivity index (χ1) is 16.2. The number of hydrogen-bond donors (Lipinski definition) is 2. The Balaban J connectivity index is 1.48. The Bertz CT molecular complexity index is 1210. The molecule has 2 aliphatic rings. The van der Waals surface area contributed by atoms with Crippen LogP contribution in [0.2, 0.25) is 5.02 Å². The number of carbonyl (C=O) groups excluding carboxylic acids is 3. The number of ether oxygens (including phenoxy) is 3. The highest BCUT2D eigenvalue weighted by atomic mass is 35.5. The van der Waals surface area contributed by atoms with Gasteiger partial charge in [0.25, 0.3) is 0 Å². The Morgan fingerprint density at radius 2 is 2.06 bits per heavy atom. The number of halogens is 1. The number of thiazole rings is 1. The fourth-order valence-electron chi connectivity index (χ4n) is 4.18. The minimum absolute atomic E-state index is 0.0852. The molecule has 1 aliphatic carbocycles. The maximum atomic E-state index is 13.5. The molecule has 2 heterocycles. The molecule has 1 aliphatic heterocycles. The lowest BCUT2D eigenvalue weighted by atomic mass is 9.74. The van der Waals surface area contributed by atoms with Crippen molar-refractivity contribution >= 4 is 45.5 Å². The summed E-state index contributed by atoms with van der Waals surface area (Å²) in [5, 5.41) is 8.38. The number of aromatic nitrogens is 1. The standard InChI is InChI=1S/C23H24ClN3O6S/c1-11-7-13(25-6-5-17(29)27-22-26-12(2)10-34-22)8-16(28)23(11)21(30)18-14(31-3)9-15(32-4)19(24)20(18)33-23/h8-11,25H,5-7H2,1-4H3,(H,26,27,29)/t11-,23+/m1/s1. The molecule has 9 nitrogen and oxygen atoms in total. The number of Topliss-reactive ketones (excluding diaryl/α,β-unsaturated/α-hetero) is 1. The second-order valence-electron chi connectivity index (χ2n) is 8.12. The Kier molecular flexibility index (Phi) is 6.55. The molecule has 0 unspecified atom stereocenters. The second-order valence-corrected chi connectivity index (χ2v) is 9.36. The van der Waals surface area contributed by atoms with Gasteiger partial charge in [-0.25, -0.2) is 4.98 Å². The van der Waals surface area contributed by atoms with Gasteiger partial charge in [-0.05, 0) is 13.3 Å². The Hall–Kier alpha value is -3.11. The number of aryl methyl sites for hydroxylation is 1. The van der Waals surface area contributed by atoms with Gasteiger partial charge in [-0.2, -0.15) is 0 Å². The number of ketones is 2. The first-order valence-electron chi connectivity index (χ1n) is 10.6. The van der Waals surface area contributed by atoms with Crippen molar-refractivity contribution in [3.63, 3.8) is 0 Å². The Morgan fingerprint density at radius 1 is 1.32 bits per heavy atom. The van der Waals surface area contributed by atoms with Crippen molar-refractivity contribution in [2.24, 2.45) is 5.92 Å². The first-order valence-corrected chi connectivity index (χ1v) is 11.9. The van der Waals surface area contributed by atoms with E-state index in [1.165, 1.54) is 37.7 Å². The van der Waals surface area contributed by atoms with Gasteiger partial charge in [0.2, 0.25) is 23.1 Å². The normalized spacial score (nSPS) is 21.1. The van der Waals surface area contributed by atoms with Gasteiger partial charge in [0.1, 0.15) is 22.1 Å². The summed E-state index contributed by atoms with van der Waals surface area (Å²) in [6.07, 6.45) is 1.93. The summed E-state index contributed by atoms with van der Waals surface area (Å²) >= 11 is 7.75. The zero-order valence-electron chi connectivity index (χ0n) is 19.1. The summed E-state index contributed by atoms with van der Waals surface area (Å²) in [7, 11) is 2.86. The first kappa shape index (κ1) is 24.0. The molecule has 34 heavy (non-hydrogen) atoms. The number of amides is 1. The van der Waals surface area contributed by atoms with E-state index in [0.717, 1.165) is 5.69 Å². The van der Waals surface area contributed by atoms with E-state index >= 15 is 0 Å². The van der Waals surface area contributed by atoms with Gasteiger partial charge in [0.15, 0.2) is 10.9 Å². The predicted octanol–water partition coefficient (Wildman–Crippen LogP) is 3.55. The summed E-state index contributed by atoms with van der Waals surface area (Å²) in [5.41, 5.74) is -0.122. The highest BCUT2D eigenvalue weighted by Gasteiger charge is 2.60. The molecular formula is C23H24ClN3O6S. The number of methoxy groups -OCH3 is 2. The highest BCUT2D eigenvalue weighted by molar-refractivity contribution is 7.13. The molecule has 1 aromatic carbocycles. The molecule has 2 atom stereocenters. The van der Waals surface area contributed by atoms with Crippen molar-refractivity contribution in [3.05, 3.63) is 39.5 Å². The largest absolute Gasteiger partial charge is 0.496 e. The number of nitrogens with zero attached hydrogens (tertiary/aromatic N) is 1. The number of carbonyl (C=O) groups is 3. The average molecular weight is 506 g/mol. The topological polar surface area (TPSA) is 116 Å². The summed E-state index contributed by atoms with van der Waals surface area (Å²) < 4.78 is 16.6. The van der Waals surface area contributed by atoms with Crippen molar-refractivity contribution in [3.8, 4) is 17.2 Å². The van der Waals surface area contributed by atoms with Gasteiger partial charge in [-0.15, -0.1) is 11.3 Å². The average Bonchev–Trinajstić information content (AvgIpc) is 3.34. The van der Waals surface area contributed by atoms with Crippen LogP contribution < -0.4 is 24.8 Å². The molecule has 0 fully saturated rings. The van der Waals surface area contributed by atoms with E-state index in [1.807, 2.05) is 12.3 Å². The smallest absolute Gasteiger partial charge is 0.236 e. The molecule has 1 spiro atoms. The van der Waals surface area contributed by atoms with Crippen LogP contribution in [0.15, 0.2) is 23.2 Å². The summed E-state index contributed by atoms with van der Waals surface area (Å²) in [5.74, 6) is -1.07. The number of anilines is 1. The summed E-state index contributed by atoms with van der Waals surface area (Å²) in [6.45, 7) is 3.94.